The summed E-state index contributed by atoms with van der Waals surface area (Å²) in [5.74, 6) is -0.132. The predicted octanol–water partition coefficient (Wildman–Crippen LogP) is 1.36. The number of urea groups is 1. The third-order valence-corrected chi connectivity index (χ3v) is 7.11. The van der Waals surface area contributed by atoms with Gasteiger partial charge in [0.15, 0.2) is 4.91 Å². The van der Waals surface area contributed by atoms with Crippen molar-refractivity contribution in [2.75, 3.05) is 25.6 Å². The molecule has 1 heterocycles. The van der Waals surface area contributed by atoms with Crippen molar-refractivity contribution in [2.24, 2.45) is 10.7 Å². The molecule has 2 aliphatic carbocycles. The van der Waals surface area contributed by atoms with Gasteiger partial charge < -0.3 is 20.5 Å². The molecule has 1 atom stereocenters. The summed E-state index contributed by atoms with van der Waals surface area (Å²) in [6.07, 6.45) is 6.41. The SMILES string of the molecule is COC1CN=C(C(=CN)S(=O)(=O)NC(=O)Nc2c3c(cc4c2CCC4)CCC3)OC1. The zero-order valence-corrected chi connectivity index (χ0v) is 17.7. The molecular weight excluding hydrogens is 408 g/mol. The van der Waals surface area contributed by atoms with Gasteiger partial charge in [0.05, 0.1) is 6.54 Å². The van der Waals surface area contributed by atoms with E-state index in [9.17, 15) is 13.2 Å². The number of nitrogens with one attached hydrogen (secondary N) is 2. The van der Waals surface area contributed by atoms with E-state index in [4.69, 9.17) is 15.2 Å². The van der Waals surface area contributed by atoms with Crippen molar-refractivity contribution >= 4 is 27.6 Å². The highest BCUT2D eigenvalue weighted by Gasteiger charge is 2.31. The predicted molar refractivity (Wildman–Crippen MR) is 113 cm³/mol. The zero-order chi connectivity index (χ0) is 21.3. The fraction of sp³-hybridized carbons (Fsp3) is 0.500. The van der Waals surface area contributed by atoms with Crippen LogP contribution in [0.5, 0.6) is 0 Å². The standard InChI is InChI=1S/C20H26N4O5S/c1-28-14-10-22-19(29-11-14)17(9-21)30(26,27)24-20(25)23-18-15-6-2-4-12(15)8-13-5-3-7-16(13)18/h8-9,14H,2-7,10-11,21H2,1H3,(H2,23,24,25). The summed E-state index contributed by atoms with van der Waals surface area (Å²) in [7, 11) is -2.74. The Bertz CT molecular complexity index is 1000. The van der Waals surface area contributed by atoms with Crippen LogP contribution in [-0.4, -0.2) is 46.7 Å². The second-order valence-corrected chi connectivity index (χ2v) is 9.29. The molecule has 4 rings (SSSR count). The maximum Gasteiger partial charge on any atom is 0.333 e. The number of amides is 2. The molecule has 10 heteroatoms. The molecule has 1 aliphatic heterocycles. The van der Waals surface area contributed by atoms with Crippen molar-refractivity contribution < 1.29 is 22.7 Å². The minimum atomic E-state index is -4.27. The molecular formula is C20H26N4O5S. The van der Waals surface area contributed by atoms with Crippen molar-refractivity contribution in [3.63, 3.8) is 0 Å². The first-order valence-electron chi connectivity index (χ1n) is 10.1. The van der Waals surface area contributed by atoms with E-state index in [2.05, 4.69) is 16.4 Å². The fourth-order valence-corrected chi connectivity index (χ4v) is 5.24. The molecule has 4 N–H and O–H groups in total. The van der Waals surface area contributed by atoms with Crippen LogP contribution in [0.15, 0.2) is 22.2 Å². The first kappa shape index (κ1) is 20.7. The monoisotopic (exact) mass is 434 g/mol. The Morgan fingerprint density at radius 3 is 2.43 bits per heavy atom. The second kappa shape index (κ2) is 8.27. The number of anilines is 1. The van der Waals surface area contributed by atoms with Crippen molar-refractivity contribution in [3.05, 3.63) is 39.4 Å². The third kappa shape index (κ3) is 3.89. The molecule has 0 aromatic heterocycles. The van der Waals surface area contributed by atoms with E-state index >= 15 is 0 Å². The number of benzene rings is 1. The molecule has 162 valence electrons. The van der Waals surface area contributed by atoms with E-state index in [1.54, 1.807) is 0 Å². The number of sulfonamides is 1. The maximum absolute atomic E-state index is 12.8. The van der Waals surface area contributed by atoms with Crippen LogP contribution in [0, 0.1) is 0 Å². The summed E-state index contributed by atoms with van der Waals surface area (Å²) < 4.78 is 38.1. The van der Waals surface area contributed by atoms with Gasteiger partial charge in [0, 0.05) is 19.0 Å². The second-order valence-electron chi connectivity index (χ2n) is 7.64. The van der Waals surface area contributed by atoms with Gasteiger partial charge in [0.25, 0.3) is 10.0 Å². The van der Waals surface area contributed by atoms with Gasteiger partial charge in [0.1, 0.15) is 12.7 Å². The van der Waals surface area contributed by atoms with E-state index in [1.165, 1.54) is 18.2 Å². The molecule has 1 aromatic rings. The lowest BCUT2D eigenvalue weighted by molar-refractivity contribution is 0.0507. The van der Waals surface area contributed by atoms with E-state index in [0.717, 1.165) is 61.5 Å². The van der Waals surface area contributed by atoms with Crippen LogP contribution in [0.3, 0.4) is 0 Å². The number of carbonyl (C=O) groups excluding carboxylic acids is 1. The van der Waals surface area contributed by atoms with Crippen molar-refractivity contribution in [2.45, 2.75) is 44.6 Å². The van der Waals surface area contributed by atoms with E-state index in [1.807, 2.05) is 4.72 Å². The molecule has 0 radical (unpaired) electrons. The average molecular weight is 435 g/mol. The number of fused-ring (bicyclic) bond motifs is 2. The summed E-state index contributed by atoms with van der Waals surface area (Å²) in [6.45, 7) is 0.393. The quantitative estimate of drug-likeness (QED) is 0.641. The van der Waals surface area contributed by atoms with Gasteiger partial charge in [-0.25, -0.2) is 22.9 Å². The van der Waals surface area contributed by atoms with Gasteiger partial charge in [-0.15, -0.1) is 0 Å². The molecule has 0 spiro atoms. The first-order valence-corrected chi connectivity index (χ1v) is 11.5. The Kier molecular flexibility index (Phi) is 5.70. The van der Waals surface area contributed by atoms with Gasteiger partial charge in [-0.3, -0.25) is 0 Å². The van der Waals surface area contributed by atoms with E-state index in [0.29, 0.717) is 0 Å². The van der Waals surface area contributed by atoms with Crippen molar-refractivity contribution in [1.29, 1.82) is 0 Å². The number of ether oxygens (including phenoxy) is 2. The summed E-state index contributed by atoms with van der Waals surface area (Å²) in [5, 5.41) is 2.80. The highest BCUT2D eigenvalue weighted by atomic mass is 32.2. The van der Waals surface area contributed by atoms with Gasteiger partial charge in [-0.1, -0.05) is 6.07 Å². The minimum absolute atomic E-state index is 0.132. The zero-order valence-electron chi connectivity index (χ0n) is 16.9. The molecule has 0 fully saturated rings. The molecule has 0 saturated heterocycles. The summed E-state index contributed by atoms with van der Waals surface area (Å²) >= 11 is 0. The first-order chi connectivity index (χ1) is 14.4. The molecule has 3 aliphatic rings. The molecule has 0 bridgehead atoms. The average Bonchev–Trinajstić information content (AvgIpc) is 3.37. The maximum atomic E-state index is 12.8. The lowest BCUT2D eigenvalue weighted by Gasteiger charge is -2.22. The smallest absolute Gasteiger partial charge is 0.333 e. The van der Waals surface area contributed by atoms with E-state index in [-0.39, 0.29) is 30.1 Å². The van der Waals surface area contributed by atoms with Crippen LogP contribution in [-0.2, 0) is 45.2 Å². The number of hydrogen-bond acceptors (Lipinski definition) is 7. The molecule has 2 amide bonds. The van der Waals surface area contributed by atoms with Crippen LogP contribution in [0.1, 0.15) is 35.1 Å². The largest absolute Gasteiger partial charge is 0.474 e. The van der Waals surface area contributed by atoms with Gasteiger partial charge in [-0.05, 0) is 60.8 Å². The molecule has 0 saturated carbocycles. The fourth-order valence-electron chi connectivity index (χ4n) is 4.31. The minimum Gasteiger partial charge on any atom is -0.474 e. The third-order valence-electron chi connectivity index (χ3n) is 5.77. The molecule has 1 aromatic carbocycles. The van der Waals surface area contributed by atoms with Crippen LogP contribution in [0.25, 0.3) is 0 Å². The van der Waals surface area contributed by atoms with Crippen LogP contribution >= 0.6 is 0 Å². The van der Waals surface area contributed by atoms with Crippen molar-refractivity contribution in [3.8, 4) is 0 Å². The van der Waals surface area contributed by atoms with Crippen molar-refractivity contribution in [1.82, 2.24) is 4.72 Å². The number of aryl methyl sites for hydroxylation is 2. The lowest BCUT2D eigenvalue weighted by atomic mass is 9.99. The molecule has 1 unspecified atom stereocenters. The molecule has 30 heavy (non-hydrogen) atoms. The van der Waals surface area contributed by atoms with Crippen LogP contribution in [0.4, 0.5) is 10.5 Å². The Labute approximate surface area is 175 Å². The summed E-state index contributed by atoms with van der Waals surface area (Å²) in [5.41, 5.74) is 11.0. The Balaban J connectivity index is 1.53. The number of carbonyl (C=O) groups is 1. The lowest BCUT2D eigenvalue weighted by Crippen LogP contribution is -2.39. The van der Waals surface area contributed by atoms with Gasteiger partial charge in [0.2, 0.25) is 5.90 Å². The Morgan fingerprint density at radius 2 is 1.90 bits per heavy atom. The molecule has 9 nitrogen and oxygen atoms in total. The number of aliphatic imine (C=N–C) groups is 1. The van der Waals surface area contributed by atoms with Gasteiger partial charge >= 0.3 is 6.03 Å². The van der Waals surface area contributed by atoms with Gasteiger partial charge in [-0.2, -0.15) is 0 Å². The topological polar surface area (TPSA) is 132 Å². The summed E-state index contributed by atoms with van der Waals surface area (Å²) in [6, 6.07) is 1.42. The van der Waals surface area contributed by atoms with E-state index < -0.39 is 16.1 Å². The Morgan fingerprint density at radius 1 is 1.23 bits per heavy atom. The number of methoxy groups -OCH3 is 1. The number of nitrogens with zero attached hydrogens (tertiary/aromatic N) is 1. The highest BCUT2D eigenvalue weighted by molar-refractivity contribution is 7.94. The van der Waals surface area contributed by atoms with Crippen LogP contribution < -0.4 is 15.8 Å². The van der Waals surface area contributed by atoms with Crippen LogP contribution in [0.2, 0.25) is 0 Å². The normalized spacial score (nSPS) is 20.8. The number of nitrogens with two attached hydrogens (primary N) is 1. The number of rotatable bonds is 5. The Hall–Kier alpha value is -2.59. The highest BCUT2D eigenvalue weighted by Crippen LogP contribution is 2.38. The number of hydrogen-bond donors (Lipinski definition) is 3. The summed E-state index contributed by atoms with van der Waals surface area (Å²) in [4.78, 5) is 16.4.